The maximum absolute atomic E-state index is 12.7. The zero-order valence-corrected chi connectivity index (χ0v) is 18.3. The molecule has 0 atom stereocenters. The van der Waals surface area contributed by atoms with Gasteiger partial charge in [0, 0.05) is 43.5 Å². The van der Waals surface area contributed by atoms with Crippen LogP contribution in [0.2, 0.25) is 0 Å². The van der Waals surface area contributed by atoms with E-state index in [4.69, 9.17) is 9.47 Å². The molecule has 0 radical (unpaired) electrons. The van der Waals surface area contributed by atoms with Gasteiger partial charge in [-0.25, -0.2) is 14.8 Å². The number of anilines is 1. The number of rotatable bonds is 3. The van der Waals surface area contributed by atoms with Gasteiger partial charge in [0.2, 0.25) is 0 Å². The predicted octanol–water partition coefficient (Wildman–Crippen LogP) is 4.32. The number of esters is 1. The minimum Gasteiger partial charge on any atom is -0.485 e. The third-order valence-corrected chi connectivity index (χ3v) is 6.32. The van der Waals surface area contributed by atoms with E-state index in [-0.39, 0.29) is 5.60 Å². The first-order valence-electron chi connectivity index (χ1n) is 10.8. The van der Waals surface area contributed by atoms with Gasteiger partial charge in [-0.2, -0.15) is 13.2 Å². The van der Waals surface area contributed by atoms with Gasteiger partial charge in [0.05, 0.1) is 37.0 Å². The monoisotopic (exact) mass is 470 g/mol. The number of halogens is 3. The van der Waals surface area contributed by atoms with Crippen LogP contribution in [0.4, 0.5) is 19.0 Å². The Labute approximate surface area is 193 Å². The van der Waals surface area contributed by atoms with Crippen molar-refractivity contribution in [3.05, 3.63) is 65.7 Å². The number of carbonyl (C=O) groups is 1. The lowest BCUT2D eigenvalue weighted by atomic mass is 9.87. The van der Waals surface area contributed by atoms with Gasteiger partial charge in [0.15, 0.2) is 5.69 Å². The average molecular weight is 470 g/mol. The topological polar surface area (TPSA) is 77.4 Å². The van der Waals surface area contributed by atoms with Crippen LogP contribution >= 0.6 is 0 Å². The molecule has 1 fully saturated rings. The summed E-state index contributed by atoms with van der Waals surface area (Å²) in [5.74, 6) is 0.785. The van der Waals surface area contributed by atoms with Crippen LogP contribution in [0.25, 0.3) is 11.3 Å². The van der Waals surface area contributed by atoms with Crippen molar-refractivity contribution < 1.29 is 27.4 Å². The summed E-state index contributed by atoms with van der Waals surface area (Å²) < 4.78 is 49.2. The molecular weight excluding hydrogens is 449 g/mol. The van der Waals surface area contributed by atoms with Crippen molar-refractivity contribution in [1.82, 2.24) is 15.0 Å². The van der Waals surface area contributed by atoms with E-state index in [0.717, 1.165) is 35.2 Å². The van der Waals surface area contributed by atoms with E-state index >= 15 is 0 Å². The Balaban J connectivity index is 1.26. The Hall–Kier alpha value is -3.69. The summed E-state index contributed by atoms with van der Waals surface area (Å²) in [5, 5.41) is 0. The first-order valence-corrected chi connectivity index (χ1v) is 10.8. The quantitative estimate of drug-likeness (QED) is 0.528. The summed E-state index contributed by atoms with van der Waals surface area (Å²) in [6.45, 7) is 1.20. The highest BCUT2D eigenvalue weighted by Gasteiger charge is 2.42. The van der Waals surface area contributed by atoms with Crippen molar-refractivity contribution in [3.63, 3.8) is 0 Å². The summed E-state index contributed by atoms with van der Waals surface area (Å²) in [6.07, 6.45) is 1.30. The van der Waals surface area contributed by atoms with Crippen molar-refractivity contribution in [2.45, 2.75) is 31.0 Å². The number of nitrogens with zero attached hydrogens (tertiary/aromatic N) is 4. The van der Waals surface area contributed by atoms with Gasteiger partial charge in [-0.15, -0.1) is 0 Å². The largest absolute Gasteiger partial charge is 0.485 e. The summed E-state index contributed by atoms with van der Waals surface area (Å²) in [4.78, 5) is 25.6. The standard InChI is InChI=1S/C24H21F3N4O3/c1-33-22(32)16-4-2-15(3-5-16)18-10-17-11-23(34-19(17)12-28-18)6-8-31(9-7-23)21-14-29-20(13-30-21)24(25,26)27/h2-5,10,12-14H,6-9,11H2,1H3. The van der Waals surface area contributed by atoms with E-state index in [0.29, 0.717) is 37.3 Å². The van der Waals surface area contributed by atoms with Crippen molar-refractivity contribution in [2.24, 2.45) is 0 Å². The second kappa shape index (κ2) is 8.27. The molecule has 2 aromatic heterocycles. The molecule has 5 rings (SSSR count). The minimum absolute atomic E-state index is 0.368. The molecule has 0 bridgehead atoms. The molecule has 4 heterocycles. The van der Waals surface area contributed by atoms with Gasteiger partial charge in [-0.1, -0.05) is 12.1 Å². The number of piperidine rings is 1. The van der Waals surface area contributed by atoms with Crippen LogP contribution in [0.1, 0.15) is 34.5 Å². The van der Waals surface area contributed by atoms with Crippen molar-refractivity contribution in [2.75, 3.05) is 25.1 Å². The number of carbonyl (C=O) groups excluding carboxylic acids is 1. The minimum atomic E-state index is -4.50. The van der Waals surface area contributed by atoms with Crippen LogP contribution in [-0.2, 0) is 17.3 Å². The van der Waals surface area contributed by atoms with Gasteiger partial charge in [-0.05, 0) is 18.2 Å². The van der Waals surface area contributed by atoms with Gasteiger partial charge in [-0.3, -0.25) is 4.98 Å². The molecule has 0 N–H and O–H groups in total. The molecule has 1 saturated heterocycles. The van der Waals surface area contributed by atoms with Crippen LogP contribution < -0.4 is 9.64 Å². The molecule has 0 unspecified atom stereocenters. The lowest BCUT2D eigenvalue weighted by molar-refractivity contribution is -0.141. The number of hydrogen-bond donors (Lipinski definition) is 0. The van der Waals surface area contributed by atoms with E-state index in [1.807, 2.05) is 23.1 Å². The van der Waals surface area contributed by atoms with Crippen molar-refractivity contribution in [1.29, 1.82) is 0 Å². The molecule has 2 aliphatic heterocycles. The maximum Gasteiger partial charge on any atom is 0.434 e. The molecule has 0 amide bonds. The molecule has 34 heavy (non-hydrogen) atoms. The highest BCUT2D eigenvalue weighted by atomic mass is 19.4. The summed E-state index contributed by atoms with van der Waals surface area (Å²) in [5.41, 5.74) is 1.83. The predicted molar refractivity (Wildman–Crippen MR) is 117 cm³/mol. The van der Waals surface area contributed by atoms with E-state index < -0.39 is 17.8 Å². The summed E-state index contributed by atoms with van der Waals surface area (Å²) in [6, 6.07) is 9.07. The third-order valence-electron chi connectivity index (χ3n) is 6.32. The van der Waals surface area contributed by atoms with Crippen LogP contribution in [-0.4, -0.2) is 46.7 Å². The molecule has 2 aliphatic rings. The fourth-order valence-electron chi connectivity index (χ4n) is 4.44. The molecule has 1 aromatic carbocycles. The van der Waals surface area contributed by atoms with Crippen molar-refractivity contribution >= 4 is 11.8 Å². The Kier molecular flexibility index (Phi) is 5.38. The molecule has 10 heteroatoms. The lowest BCUT2D eigenvalue weighted by Gasteiger charge is -2.39. The first kappa shape index (κ1) is 22.1. The number of pyridine rings is 1. The normalized spacial score (nSPS) is 16.8. The number of alkyl halides is 3. The van der Waals surface area contributed by atoms with Crippen LogP contribution in [0.3, 0.4) is 0 Å². The molecule has 0 saturated carbocycles. The number of methoxy groups -OCH3 is 1. The molecule has 1 spiro atoms. The van der Waals surface area contributed by atoms with Gasteiger partial charge in [0.25, 0.3) is 0 Å². The highest BCUT2D eigenvalue weighted by Crippen LogP contribution is 2.42. The van der Waals surface area contributed by atoms with E-state index in [2.05, 4.69) is 15.0 Å². The Morgan fingerprint density at radius 2 is 1.79 bits per heavy atom. The molecular formula is C24H21F3N4O3. The third kappa shape index (κ3) is 4.15. The smallest absolute Gasteiger partial charge is 0.434 e. The zero-order chi connectivity index (χ0) is 23.9. The Bertz CT molecular complexity index is 1210. The number of benzene rings is 1. The number of hydrogen-bond acceptors (Lipinski definition) is 7. The van der Waals surface area contributed by atoms with Crippen LogP contribution in [0.15, 0.2) is 48.9 Å². The zero-order valence-electron chi connectivity index (χ0n) is 18.3. The van der Waals surface area contributed by atoms with E-state index in [1.54, 1.807) is 18.3 Å². The number of aromatic nitrogens is 3. The average Bonchev–Trinajstić information content (AvgIpc) is 3.20. The van der Waals surface area contributed by atoms with Crippen LogP contribution in [0, 0.1) is 0 Å². The molecule has 0 aliphatic carbocycles. The fraction of sp³-hybridized carbons (Fsp3) is 0.333. The number of ether oxygens (including phenoxy) is 2. The summed E-state index contributed by atoms with van der Waals surface area (Å²) in [7, 11) is 1.34. The number of fused-ring (bicyclic) bond motifs is 1. The lowest BCUT2D eigenvalue weighted by Crippen LogP contribution is -2.47. The van der Waals surface area contributed by atoms with Crippen molar-refractivity contribution in [3.8, 4) is 17.0 Å². The van der Waals surface area contributed by atoms with E-state index in [1.165, 1.54) is 13.3 Å². The Morgan fingerprint density at radius 1 is 1.06 bits per heavy atom. The van der Waals surface area contributed by atoms with Gasteiger partial charge in [0.1, 0.15) is 17.2 Å². The Morgan fingerprint density at radius 3 is 2.41 bits per heavy atom. The summed E-state index contributed by atoms with van der Waals surface area (Å²) >= 11 is 0. The molecule has 7 nitrogen and oxygen atoms in total. The van der Waals surface area contributed by atoms with Gasteiger partial charge >= 0.3 is 12.1 Å². The van der Waals surface area contributed by atoms with Crippen LogP contribution in [0.5, 0.6) is 5.75 Å². The second-order valence-corrected chi connectivity index (χ2v) is 8.45. The molecule has 3 aromatic rings. The first-order chi connectivity index (χ1) is 16.3. The SMILES string of the molecule is COC(=O)c1ccc(-c2cc3c(cn2)OC2(CCN(c4cnc(C(F)(F)F)cn4)CC2)C3)cc1. The fourth-order valence-corrected chi connectivity index (χ4v) is 4.44. The maximum atomic E-state index is 12.7. The van der Waals surface area contributed by atoms with E-state index in [9.17, 15) is 18.0 Å². The second-order valence-electron chi connectivity index (χ2n) is 8.45. The molecule has 176 valence electrons. The van der Waals surface area contributed by atoms with Gasteiger partial charge < -0.3 is 14.4 Å². The highest BCUT2D eigenvalue weighted by molar-refractivity contribution is 5.89.